The summed E-state index contributed by atoms with van der Waals surface area (Å²) in [5.41, 5.74) is 1.15. The first kappa shape index (κ1) is 15.2. The molecule has 0 aliphatic carbocycles. The molecule has 100 valence electrons. The number of esters is 1. The molecule has 3 nitrogen and oxygen atoms in total. The second-order valence-electron chi connectivity index (χ2n) is 4.68. The quantitative estimate of drug-likeness (QED) is 0.848. The lowest BCUT2D eigenvalue weighted by Crippen LogP contribution is -2.42. The second-order valence-corrected chi connectivity index (χ2v) is 5.60. The molecule has 1 N–H and O–H groups in total. The number of carbonyl (C=O) groups is 1. The number of ether oxygens (including phenoxy) is 1. The molecule has 0 heterocycles. The number of hydrogen-bond acceptors (Lipinski definition) is 3. The van der Waals surface area contributed by atoms with Crippen molar-refractivity contribution in [3.05, 3.63) is 34.3 Å². The maximum absolute atomic E-state index is 11.7. The SMILES string of the molecule is COC(=O)[C@H](NC(C)c1ccc(Br)cc1)C(C)C. The normalized spacial score (nSPS) is 14.3. The zero-order chi connectivity index (χ0) is 13.7. The highest BCUT2D eigenvalue weighted by atomic mass is 79.9. The van der Waals surface area contributed by atoms with Gasteiger partial charge >= 0.3 is 5.97 Å². The number of halogens is 1. The zero-order valence-corrected chi connectivity index (χ0v) is 12.8. The lowest BCUT2D eigenvalue weighted by Gasteiger charge is -2.24. The molecule has 0 spiro atoms. The average molecular weight is 314 g/mol. The lowest BCUT2D eigenvalue weighted by molar-refractivity contribution is -0.144. The highest BCUT2D eigenvalue weighted by Crippen LogP contribution is 2.18. The Morgan fingerprint density at radius 2 is 1.78 bits per heavy atom. The molecule has 1 aromatic rings. The maximum atomic E-state index is 11.7. The van der Waals surface area contributed by atoms with Gasteiger partial charge in [-0.2, -0.15) is 0 Å². The zero-order valence-electron chi connectivity index (χ0n) is 11.2. The van der Waals surface area contributed by atoms with Crippen LogP contribution in [0.4, 0.5) is 0 Å². The average Bonchev–Trinajstić information content (AvgIpc) is 2.35. The van der Waals surface area contributed by atoms with Gasteiger partial charge < -0.3 is 4.74 Å². The molecule has 0 bridgehead atoms. The topological polar surface area (TPSA) is 38.3 Å². The maximum Gasteiger partial charge on any atom is 0.323 e. The minimum Gasteiger partial charge on any atom is -0.468 e. The summed E-state index contributed by atoms with van der Waals surface area (Å²) in [7, 11) is 1.42. The van der Waals surface area contributed by atoms with Gasteiger partial charge in [0.15, 0.2) is 0 Å². The van der Waals surface area contributed by atoms with Crippen molar-refractivity contribution in [2.45, 2.75) is 32.9 Å². The van der Waals surface area contributed by atoms with Crippen molar-refractivity contribution in [3.8, 4) is 0 Å². The van der Waals surface area contributed by atoms with Gasteiger partial charge in [-0.25, -0.2) is 0 Å². The summed E-state index contributed by atoms with van der Waals surface area (Å²) < 4.78 is 5.87. The van der Waals surface area contributed by atoms with E-state index in [1.54, 1.807) is 0 Å². The fraction of sp³-hybridized carbons (Fsp3) is 0.500. The minimum atomic E-state index is -0.284. The highest BCUT2D eigenvalue weighted by molar-refractivity contribution is 9.10. The van der Waals surface area contributed by atoms with Crippen molar-refractivity contribution in [3.63, 3.8) is 0 Å². The number of hydrogen-bond donors (Lipinski definition) is 1. The molecule has 1 aromatic carbocycles. The van der Waals surface area contributed by atoms with Gasteiger partial charge in [-0.15, -0.1) is 0 Å². The van der Waals surface area contributed by atoms with Crippen molar-refractivity contribution in [2.75, 3.05) is 7.11 Å². The highest BCUT2D eigenvalue weighted by Gasteiger charge is 2.24. The Morgan fingerprint density at radius 3 is 2.22 bits per heavy atom. The van der Waals surface area contributed by atoms with Crippen molar-refractivity contribution in [1.82, 2.24) is 5.32 Å². The van der Waals surface area contributed by atoms with E-state index >= 15 is 0 Å². The summed E-state index contributed by atoms with van der Waals surface area (Å²) in [5, 5.41) is 3.31. The van der Waals surface area contributed by atoms with Gasteiger partial charge in [-0.3, -0.25) is 10.1 Å². The van der Waals surface area contributed by atoms with Gasteiger partial charge in [0.25, 0.3) is 0 Å². The van der Waals surface area contributed by atoms with Crippen LogP contribution in [0.5, 0.6) is 0 Å². The van der Waals surface area contributed by atoms with Crippen LogP contribution in [0.3, 0.4) is 0 Å². The first-order chi connectivity index (χ1) is 8.45. The lowest BCUT2D eigenvalue weighted by atomic mass is 10.0. The van der Waals surface area contributed by atoms with Gasteiger partial charge in [0.1, 0.15) is 6.04 Å². The van der Waals surface area contributed by atoms with Crippen LogP contribution in [-0.4, -0.2) is 19.1 Å². The molecule has 18 heavy (non-hydrogen) atoms. The molecule has 0 saturated heterocycles. The molecule has 4 heteroatoms. The molecule has 0 saturated carbocycles. The van der Waals surface area contributed by atoms with Crippen LogP contribution in [0, 0.1) is 5.92 Å². The Labute approximate surface area is 117 Å². The van der Waals surface area contributed by atoms with Crippen LogP contribution in [0.1, 0.15) is 32.4 Å². The largest absolute Gasteiger partial charge is 0.468 e. The Morgan fingerprint density at radius 1 is 1.22 bits per heavy atom. The van der Waals surface area contributed by atoms with Crippen molar-refractivity contribution >= 4 is 21.9 Å². The molecule has 0 aliphatic rings. The van der Waals surface area contributed by atoms with Crippen LogP contribution in [0.25, 0.3) is 0 Å². The molecule has 2 atom stereocenters. The monoisotopic (exact) mass is 313 g/mol. The number of carbonyl (C=O) groups excluding carboxylic acids is 1. The first-order valence-electron chi connectivity index (χ1n) is 6.05. The van der Waals surface area contributed by atoms with Crippen LogP contribution >= 0.6 is 15.9 Å². The van der Waals surface area contributed by atoms with E-state index in [1.807, 2.05) is 45.0 Å². The third kappa shape index (κ3) is 4.10. The van der Waals surface area contributed by atoms with Crippen LogP contribution in [-0.2, 0) is 9.53 Å². The molecule has 1 unspecified atom stereocenters. The van der Waals surface area contributed by atoms with Crippen molar-refractivity contribution in [1.29, 1.82) is 0 Å². The van der Waals surface area contributed by atoms with Crippen LogP contribution in [0.15, 0.2) is 28.7 Å². The van der Waals surface area contributed by atoms with E-state index in [4.69, 9.17) is 4.74 Å². The molecular formula is C14H20BrNO2. The summed E-state index contributed by atoms with van der Waals surface area (Å²) in [5.74, 6) is -0.0238. The van der Waals surface area contributed by atoms with E-state index in [9.17, 15) is 4.79 Å². The van der Waals surface area contributed by atoms with Crippen molar-refractivity contribution in [2.24, 2.45) is 5.92 Å². The number of rotatable bonds is 5. The Bertz CT molecular complexity index is 389. The number of nitrogens with one attached hydrogen (secondary N) is 1. The summed E-state index contributed by atoms with van der Waals surface area (Å²) in [6, 6.07) is 7.89. The summed E-state index contributed by atoms with van der Waals surface area (Å²) >= 11 is 3.41. The summed E-state index contributed by atoms with van der Waals surface area (Å²) in [4.78, 5) is 11.7. The summed E-state index contributed by atoms with van der Waals surface area (Å²) in [6.45, 7) is 6.05. The minimum absolute atomic E-state index is 0.101. The molecular weight excluding hydrogens is 294 g/mol. The van der Waals surface area contributed by atoms with Crippen LogP contribution in [0.2, 0.25) is 0 Å². The third-order valence-corrected chi connectivity index (χ3v) is 3.45. The van der Waals surface area contributed by atoms with Gasteiger partial charge in [0.2, 0.25) is 0 Å². The summed E-state index contributed by atoms with van der Waals surface area (Å²) in [6.07, 6.45) is 0. The van der Waals surface area contributed by atoms with E-state index in [0.717, 1.165) is 10.0 Å². The predicted molar refractivity (Wildman–Crippen MR) is 76.3 cm³/mol. The Kier molecular flexibility index (Phi) is 5.82. The predicted octanol–water partition coefficient (Wildman–Crippen LogP) is 3.30. The number of methoxy groups -OCH3 is 1. The Hall–Kier alpha value is -0.870. The first-order valence-corrected chi connectivity index (χ1v) is 6.84. The molecule has 0 aliphatic heterocycles. The van der Waals surface area contributed by atoms with Gasteiger partial charge in [0.05, 0.1) is 7.11 Å². The smallest absolute Gasteiger partial charge is 0.323 e. The van der Waals surface area contributed by atoms with Gasteiger partial charge in [-0.1, -0.05) is 41.9 Å². The third-order valence-electron chi connectivity index (χ3n) is 2.92. The fourth-order valence-electron chi connectivity index (χ4n) is 1.78. The Balaban J connectivity index is 2.75. The molecule has 0 aromatic heterocycles. The second kappa shape index (κ2) is 6.90. The van der Waals surface area contributed by atoms with E-state index in [-0.39, 0.29) is 24.0 Å². The van der Waals surface area contributed by atoms with Crippen LogP contribution < -0.4 is 5.32 Å². The van der Waals surface area contributed by atoms with Crippen molar-refractivity contribution < 1.29 is 9.53 Å². The molecule has 0 radical (unpaired) electrons. The van der Waals surface area contributed by atoms with E-state index < -0.39 is 0 Å². The molecule has 1 rings (SSSR count). The van der Waals surface area contributed by atoms with E-state index in [1.165, 1.54) is 7.11 Å². The van der Waals surface area contributed by atoms with E-state index in [2.05, 4.69) is 21.2 Å². The standard InChI is InChI=1S/C14H20BrNO2/c1-9(2)13(14(17)18-4)16-10(3)11-5-7-12(15)8-6-11/h5-10,13,16H,1-4H3/t10?,13-/m1/s1. The van der Waals surface area contributed by atoms with Gasteiger partial charge in [-0.05, 0) is 30.5 Å². The molecule has 0 amide bonds. The number of benzene rings is 1. The fourth-order valence-corrected chi connectivity index (χ4v) is 2.04. The molecule has 0 fully saturated rings. The van der Waals surface area contributed by atoms with E-state index in [0.29, 0.717) is 0 Å². The van der Waals surface area contributed by atoms with Gasteiger partial charge in [0, 0.05) is 10.5 Å².